The molecule has 0 aromatic carbocycles. The average Bonchev–Trinajstić information content (AvgIpc) is 2.76. The van der Waals surface area contributed by atoms with Gasteiger partial charge in [-0.15, -0.1) is 11.6 Å². The van der Waals surface area contributed by atoms with Gasteiger partial charge in [0.05, 0.1) is 5.56 Å². The standard InChI is InChI=1S/C14H19ClO4/c1-4-5-6-12(19-14(17)8-15)13-7-11(9(2)16)10(3)18-13/h7,12H,4-6,8H2,1-3H3. The van der Waals surface area contributed by atoms with E-state index in [9.17, 15) is 9.59 Å². The molecule has 0 aliphatic rings. The summed E-state index contributed by atoms with van der Waals surface area (Å²) in [7, 11) is 0. The normalized spacial score (nSPS) is 12.2. The van der Waals surface area contributed by atoms with Crippen LogP contribution in [0.15, 0.2) is 10.5 Å². The van der Waals surface area contributed by atoms with E-state index in [0.29, 0.717) is 23.5 Å². The third-order valence-electron chi connectivity index (χ3n) is 2.84. The maximum absolute atomic E-state index is 11.4. The van der Waals surface area contributed by atoms with Gasteiger partial charge < -0.3 is 9.15 Å². The van der Waals surface area contributed by atoms with Gasteiger partial charge in [-0.3, -0.25) is 9.59 Å². The molecule has 0 radical (unpaired) electrons. The zero-order valence-electron chi connectivity index (χ0n) is 11.5. The Balaban J connectivity index is 2.92. The number of unbranched alkanes of at least 4 members (excludes halogenated alkanes) is 1. The number of rotatable bonds is 7. The second-order valence-electron chi connectivity index (χ2n) is 4.43. The number of carbonyl (C=O) groups excluding carboxylic acids is 2. The van der Waals surface area contributed by atoms with E-state index in [-0.39, 0.29) is 11.7 Å². The summed E-state index contributed by atoms with van der Waals surface area (Å²) in [6.45, 7) is 5.25. The van der Waals surface area contributed by atoms with Crippen molar-refractivity contribution < 1.29 is 18.7 Å². The summed E-state index contributed by atoms with van der Waals surface area (Å²) in [5, 5.41) is 0. The van der Waals surface area contributed by atoms with Gasteiger partial charge in [0.1, 0.15) is 17.4 Å². The zero-order valence-corrected chi connectivity index (χ0v) is 12.3. The molecule has 0 saturated carbocycles. The Bertz CT molecular complexity index is 450. The lowest BCUT2D eigenvalue weighted by molar-refractivity contribution is -0.147. The monoisotopic (exact) mass is 286 g/mol. The highest BCUT2D eigenvalue weighted by Crippen LogP contribution is 2.28. The van der Waals surface area contributed by atoms with Gasteiger partial charge in [0.25, 0.3) is 0 Å². The molecule has 1 heterocycles. The van der Waals surface area contributed by atoms with E-state index < -0.39 is 12.1 Å². The van der Waals surface area contributed by atoms with E-state index in [2.05, 4.69) is 6.92 Å². The lowest BCUT2D eigenvalue weighted by atomic mass is 10.1. The number of Topliss-reactive ketones (excluding diaryl/α,β-unsaturated/α-hetero) is 1. The molecule has 0 fully saturated rings. The predicted molar refractivity (Wildman–Crippen MR) is 72.5 cm³/mol. The Kier molecular flexibility index (Phi) is 6.09. The molecule has 4 nitrogen and oxygen atoms in total. The Morgan fingerprint density at radius 3 is 2.63 bits per heavy atom. The summed E-state index contributed by atoms with van der Waals surface area (Å²) in [6.07, 6.45) is 2.06. The smallest absolute Gasteiger partial charge is 0.321 e. The topological polar surface area (TPSA) is 56.5 Å². The molecule has 0 spiro atoms. The van der Waals surface area contributed by atoms with Crippen LogP contribution in [-0.4, -0.2) is 17.6 Å². The van der Waals surface area contributed by atoms with Crippen LogP contribution in [0.25, 0.3) is 0 Å². The minimum atomic E-state index is -0.485. The van der Waals surface area contributed by atoms with Crippen molar-refractivity contribution in [3.63, 3.8) is 0 Å². The molecule has 19 heavy (non-hydrogen) atoms. The summed E-state index contributed by atoms with van der Waals surface area (Å²) in [5.41, 5.74) is 0.526. The highest BCUT2D eigenvalue weighted by molar-refractivity contribution is 6.26. The molecule has 0 saturated heterocycles. The highest BCUT2D eigenvalue weighted by atomic mass is 35.5. The molecular formula is C14H19ClO4. The van der Waals surface area contributed by atoms with Gasteiger partial charge in [-0.1, -0.05) is 13.3 Å². The number of hydrogen-bond donors (Lipinski definition) is 0. The van der Waals surface area contributed by atoms with Crippen molar-refractivity contribution in [2.24, 2.45) is 0 Å². The van der Waals surface area contributed by atoms with Gasteiger partial charge in [-0.25, -0.2) is 0 Å². The molecule has 1 unspecified atom stereocenters. The number of ketones is 1. The van der Waals surface area contributed by atoms with E-state index >= 15 is 0 Å². The number of aryl methyl sites for hydroxylation is 1. The van der Waals surface area contributed by atoms with Crippen LogP contribution in [0.4, 0.5) is 0 Å². The molecule has 1 aromatic heterocycles. The van der Waals surface area contributed by atoms with Crippen molar-refractivity contribution in [2.75, 3.05) is 5.88 Å². The molecule has 1 atom stereocenters. The molecular weight excluding hydrogens is 268 g/mol. The first-order chi connectivity index (χ1) is 8.99. The van der Waals surface area contributed by atoms with E-state index in [0.717, 1.165) is 12.8 Å². The molecule has 5 heteroatoms. The van der Waals surface area contributed by atoms with Crippen LogP contribution >= 0.6 is 11.6 Å². The minimum absolute atomic E-state index is 0.0644. The summed E-state index contributed by atoms with van der Waals surface area (Å²) in [5.74, 6) is 0.314. The Labute approximate surface area is 118 Å². The second-order valence-corrected chi connectivity index (χ2v) is 4.70. The number of alkyl halides is 1. The number of hydrogen-bond acceptors (Lipinski definition) is 4. The molecule has 0 bridgehead atoms. The molecule has 0 aliphatic carbocycles. The van der Waals surface area contributed by atoms with Crippen LogP contribution in [0.5, 0.6) is 0 Å². The van der Waals surface area contributed by atoms with Gasteiger partial charge in [-0.05, 0) is 32.8 Å². The number of halogens is 1. The third kappa shape index (κ3) is 4.39. The first kappa shape index (κ1) is 15.8. The molecule has 1 rings (SSSR count). The van der Waals surface area contributed by atoms with Crippen molar-refractivity contribution in [2.45, 2.75) is 46.1 Å². The van der Waals surface area contributed by atoms with E-state index in [1.165, 1.54) is 6.92 Å². The molecule has 106 valence electrons. The Hall–Kier alpha value is -1.29. The molecule has 0 amide bonds. The van der Waals surface area contributed by atoms with Crippen LogP contribution in [0, 0.1) is 6.92 Å². The fourth-order valence-electron chi connectivity index (χ4n) is 1.85. The molecule has 0 aliphatic heterocycles. The number of esters is 1. The Morgan fingerprint density at radius 1 is 1.47 bits per heavy atom. The van der Waals surface area contributed by atoms with Crippen LogP contribution in [0.3, 0.4) is 0 Å². The van der Waals surface area contributed by atoms with Crippen molar-refractivity contribution >= 4 is 23.4 Å². The maximum atomic E-state index is 11.4. The quantitative estimate of drug-likeness (QED) is 0.434. The fraction of sp³-hybridized carbons (Fsp3) is 0.571. The summed E-state index contributed by atoms with van der Waals surface area (Å²) >= 11 is 5.45. The summed E-state index contributed by atoms with van der Waals surface area (Å²) < 4.78 is 10.8. The van der Waals surface area contributed by atoms with Gasteiger partial charge in [-0.2, -0.15) is 0 Å². The van der Waals surface area contributed by atoms with Crippen LogP contribution < -0.4 is 0 Å². The number of ether oxygens (including phenoxy) is 1. The van der Waals surface area contributed by atoms with Crippen molar-refractivity contribution in [1.82, 2.24) is 0 Å². The third-order valence-corrected chi connectivity index (χ3v) is 3.05. The van der Waals surface area contributed by atoms with Gasteiger partial charge in [0.15, 0.2) is 11.9 Å². The lowest BCUT2D eigenvalue weighted by Crippen LogP contribution is -2.12. The summed E-state index contributed by atoms with van der Waals surface area (Å²) in [4.78, 5) is 22.7. The Morgan fingerprint density at radius 2 is 2.16 bits per heavy atom. The largest absolute Gasteiger partial charge is 0.462 e. The first-order valence-corrected chi connectivity index (χ1v) is 6.89. The van der Waals surface area contributed by atoms with Gasteiger partial charge >= 0.3 is 5.97 Å². The molecule has 0 N–H and O–H groups in total. The number of carbonyl (C=O) groups is 2. The fourth-order valence-corrected chi connectivity index (χ4v) is 1.92. The first-order valence-electron chi connectivity index (χ1n) is 6.36. The van der Waals surface area contributed by atoms with Crippen LogP contribution in [-0.2, 0) is 9.53 Å². The molecule has 1 aromatic rings. The van der Waals surface area contributed by atoms with Crippen LogP contribution in [0.2, 0.25) is 0 Å². The van der Waals surface area contributed by atoms with Gasteiger partial charge in [0, 0.05) is 0 Å². The average molecular weight is 287 g/mol. The van der Waals surface area contributed by atoms with Crippen LogP contribution in [0.1, 0.15) is 61.1 Å². The van der Waals surface area contributed by atoms with E-state index in [1.54, 1.807) is 13.0 Å². The second kappa shape index (κ2) is 7.34. The van der Waals surface area contributed by atoms with E-state index in [1.807, 2.05) is 0 Å². The number of furan rings is 1. The van der Waals surface area contributed by atoms with Gasteiger partial charge in [0.2, 0.25) is 0 Å². The zero-order chi connectivity index (χ0) is 14.4. The highest BCUT2D eigenvalue weighted by Gasteiger charge is 2.22. The van der Waals surface area contributed by atoms with Crippen molar-refractivity contribution in [3.05, 3.63) is 23.2 Å². The predicted octanol–water partition coefficient (Wildman–Crippen LogP) is 3.80. The SMILES string of the molecule is CCCCC(OC(=O)CCl)c1cc(C(C)=O)c(C)o1. The maximum Gasteiger partial charge on any atom is 0.321 e. The van der Waals surface area contributed by atoms with Crippen molar-refractivity contribution in [3.8, 4) is 0 Å². The summed E-state index contributed by atoms with van der Waals surface area (Å²) in [6, 6.07) is 1.65. The van der Waals surface area contributed by atoms with E-state index in [4.69, 9.17) is 20.8 Å². The minimum Gasteiger partial charge on any atom is -0.462 e. The van der Waals surface area contributed by atoms with Crippen molar-refractivity contribution in [1.29, 1.82) is 0 Å². The lowest BCUT2D eigenvalue weighted by Gasteiger charge is -2.14.